The highest BCUT2D eigenvalue weighted by Gasteiger charge is 2.30. The number of rotatable bonds is 9. The number of methoxy groups -OCH3 is 3. The number of aryl methyl sites for hydroxylation is 2. The predicted molar refractivity (Wildman–Crippen MR) is 174 cm³/mol. The average Bonchev–Trinajstić information content (AvgIpc) is 3.21. The first-order valence-corrected chi connectivity index (χ1v) is 14.9. The molecule has 0 aliphatic heterocycles. The highest BCUT2D eigenvalue weighted by molar-refractivity contribution is 5.98. The SMILES string of the molecule is COc1cc2c(c(OC)c1OC)-c1ccc(N[C@H](C(=O)Nc3ccc4nc(C)[nH]c4c3)C(C)C)c(=O)cc1[C@H](NC(C)=O)CC2. The minimum Gasteiger partial charge on any atom is -0.493 e. The smallest absolute Gasteiger partial charge is 0.247 e. The summed E-state index contributed by atoms with van der Waals surface area (Å²) in [5, 5.41) is 9.20. The Bertz CT molecular complexity index is 1830. The molecule has 11 heteroatoms. The summed E-state index contributed by atoms with van der Waals surface area (Å²) in [5.74, 6) is 1.54. The fourth-order valence-electron chi connectivity index (χ4n) is 5.96. The van der Waals surface area contributed by atoms with E-state index < -0.39 is 12.1 Å². The molecule has 1 aliphatic rings. The molecule has 4 aromatic rings. The van der Waals surface area contributed by atoms with E-state index in [9.17, 15) is 14.4 Å². The van der Waals surface area contributed by atoms with Crippen LogP contribution < -0.4 is 35.6 Å². The molecule has 11 nitrogen and oxygen atoms in total. The van der Waals surface area contributed by atoms with Crippen molar-refractivity contribution in [1.29, 1.82) is 0 Å². The van der Waals surface area contributed by atoms with Gasteiger partial charge >= 0.3 is 0 Å². The van der Waals surface area contributed by atoms with Gasteiger partial charge in [0, 0.05) is 18.2 Å². The van der Waals surface area contributed by atoms with Crippen molar-refractivity contribution >= 4 is 34.2 Å². The van der Waals surface area contributed by atoms with Crippen LogP contribution in [0.2, 0.25) is 0 Å². The first-order valence-electron chi connectivity index (χ1n) is 14.9. The molecule has 0 saturated carbocycles. The molecule has 236 valence electrons. The Morgan fingerprint density at radius 2 is 1.76 bits per heavy atom. The van der Waals surface area contributed by atoms with E-state index in [0.29, 0.717) is 46.9 Å². The molecule has 2 amide bonds. The van der Waals surface area contributed by atoms with Crippen molar-refractivity contribution in [3.63, 3.8) is 0 Å². The van der Waals surface area contributed by atoms with E-state index in [1.165, 1.54) is 13.0 Å². The van der Waals surface area contributed by atoms with E-state index >= 15 is 0 Å². The van der Waals surface area contributed by atoms with Gasteiger partial charge in [0.1, 0.15) is 11.9 Å². The van der Waals surface area contributed by atoms with E-state index in [1.807, 2.05) is 45.0 Å². The zero-order valence-corrected chi connectivity index (χ0v) is 26.6. The summed E-state index contributed by atoms with van der Waals surface area (Å²) >= 11 is 0. The van der Waals surface area contributed by atoms with Gasteiger partial charge < -0.3 is 35.1 Å². The van der Waals surface area contributed by atoms with Gasteiger partial charge in [0.2, 0.25) is 23.0 Å². The molecular formula is C34H39N5O6. The van der Waals surface area contributed by atoms with Crippen molar-refractivity contribution in [2.24, 2.45) is 5.92 Å². The molecule has 1 heterocycles. The second-order valence-corrected chi connectivity index (χ2v) is 11.5. The fourth-order valence-corrected chi connectivity index (χ4v) is 5.96. The Morgan fingerprint density at radius 1 is 1.00 bits per heavy atom. The van der Waals surface area contributed by atoms with Crippen LogP contribution in [0.4, 0.5) is 11.4 Å². The summed E-state index contributed by atoms with van der Waals surface area (Å²) in [6.45, 7) is 7.15. The van der Waals surface area contributed by atoms with E-state index in [2.05, 4.69) is 25.9 Å². The number of aromatic nitrogens is 2. The maximum absolute atomic E-state index is 13.8. The molecule has 2 atom stereocenters. The Balaban J connectivity index is 1.58. The van der Waals surface area contributed by atoms with Gasteiger partial charge in [0.25, 0.3) is 0 Å². The largest absolute Gasteiger partial charge is 0.493 e. The van der Waals surface area contributed by atoms with Crippen LogP contribution in [0.1, 0.15) is 50.2 Å². The summed E-state index contributed by atoms with van der Waals surface area (Å²) < 4.78 is 17.1. The first-order chi connectivity index (χ1) is 21.5. The van der Waals surface area contributed by atoms with E-state index in [0.717, 1.165) is 28.0 Å². The second-order valence-electron chi connectivity index (χ2n) is 11.5. The number of aromatic amines is 1. The minimum atomic E-state index is -0.726. The number of nitrogens with zero attached hydrogens (tertiary/aromatic N) is 1. The highest BCUT2D eigenvalue weighted by Crippen LogP contribution is 2.50. The number of carbonyl (C=O) groups is 2. The number of H-pyrrole nitrogens is 1. The predicted octanol–water partition coefficient (Wildman–Crippen LogP) is 5.12. The summed E-state index contributed by atoms with van der Waals surface area (Å²) in [6, 6.07) is 11.3. The monoisotopic (exact) mass is 613 g/mol. The van der Waals surface area contributed by atoms with Crippen molar-refractivity contribution in [1.82, 2.24) is 15.3 Å². The lowest BCUT2D eigenvalue weighted by atomic mass is 9.95. The van der Waals surface area contributed by atoms with Crippen molar-refractivity contribution < 1.29 is 23.8 Å². The van der Waals surface area contributed by atoms with Gasteiger partial charge in [0.15, 0.2) is 11.5 Å². The molecular weight excluding hydrogens is 574 g/mol. The van der Waals surface area contributed by atoms with Crippen LogP contribution in [0.3, 0.4) is 0 Å². The number of fused-ring (bicyclic) bond motifs is 4. The summed E-state index contributed by atoms with van der Waals surface area (Å²) in [6.07, 6.45) is 1.13. The van der Waals surface area contributed by atoms with Crippen LogP contribution in [0.25, 0.3) is 22.2 Å². The third-order valence-corrected chi connectivity index (χ3v) is 8.04. The van der Waals surface area contributed by atoms with Crippen molar-refractivity contribution in [2.75, 3.05) is 32.0 Å². The number of benzene rings is 2. The lowest BCUT2D eigenvalue weighted by molar-refractivity contribution is -0.120. The molecule has 5 rings (SSSR count). The maximum atomic E-state index is 13.8. The molecule has 1 aliphatic carbocycles. The number of ether oxygens (including phenoxy) is 3. The fraction of sp³-hybridized carbons (Fsp3) is 0.353. The van der Waals surface area contributed by atoms with Gasteiger partial charge in [-0.25, -0.2) is 4.98 Å². The highest BCUT2D eigenvalue weighted by atomic mass is 16.5. The van der Waals surface area contributed by atoms with Crippen LogP contribution in [-0.2, 0) is 16.0 Å². The van der Waals surface area contributed by atoms with Crippen LogP contribution in [0.15, 0.2) is 47.3 Å². The lowest BCUT2D eigenvalue weighted by Gasteiger charge is -2.22. The molecule has 0 radical (unpaired) electrons. The molecule has 1 aromatic heterocycles. The third-order valence-electron chi connectivity index (χ3n) is 8.04. The normalized spacial score (nSPS) is 14.5. The maximum Gasteiger partial charge on any atom is 0.247 e. The number of imidazole rings is 1. The number of hydrogen-bond acceptors (Lipinski definition) is 8. The van der Waals surface area contributed by atoms with Gasteiger partial charge in [-0.15, -0.1) is 0 Å². The Morgan fingerprint density at radius 3 is 2.42 bits per heavy atom. The van der Waals surface area contributed by atoms with Gasteiger partial charge in [-0.3, -0.25) is 14.4 Å². The number of amides is 2. The lowest BCUT2D eigenvalue weighted by Crippen LogP contribution is -2.39. The number of carbonyl (C=O) groups excluding carboxylic acids is 2. The Kier molecular flexibility index (Phi) is 8.99. The number of hydrogen-bond donors (Lipinski definition) is 4. The van der Waals surface area contributed by atoms with E-state index in [-0.39, 0.29) is 28.8 Å². The zero-order chi connectivity index (χ0) is 32.4. The van der Waals surface area contributed by atoms with Gasteiger partial charge in [-0.05, 0) is 78.8 Å². The molecule has 4 N–H and O–H groups in total. The van der Waals surface area contributed by atoms with Gasteiger partial charge in [0.05, 0.1) is 44.1 Å². The van der Waals surface area contributed by atoms with Gasteiger partial charge in [-0.1, -0.05) is 19.9 Å². The first kappa shape index (κ1) is 31.4. The molecule has 0 spiro atoms. The van der Waals surface area contributed by atoms with Crippen molar-refractivity contribution in [2.45, 2.75) is 52.6 Å². The van der Waals surface area contributed by atoms with Crippen molar-refractivity contribution in [3.8, 4) is 28.4 Å². The van der Waals surface area contributed by atoms with E-state index in [1.54, 1.807) is 33.5 Å². The molecule has 0 saturated heterocycles. The van der Waals surface area contributed by atoms with Crippen molar-refractivity contribution in [3.05, 3.63) is 69.6 Å². The molecule has 0 fully saturated rings. The minimum absolute atomic E-state index is 0.157. The third kappa shape index (κ3) is 6.29. The zero-order valence-electron chi connectivity index (χ0n) is 26.6. The van der Waals surface area contributed by atoms with Crippen LogP contribution in [0, 0.1) is 12.8 Å². The number of anilines is 2. The standard InChI is InChI=1S/C34H39N5O6/c1-17(2)31(34(42)38-21-9-12-25-27(15-21)36-18(3)35-25)39-26-13-10-22-23(16-28(26)41)24(37-19(4)40)11-8-20-14-29(43-5)32(44-6)33(45-7)30(20)22/h9-10,12-17,24,31H,8,11H2,1-7H3,(H,35,36)(H,37,40)(H,38,42)(H,39,41)/t24-,31+/m1/s1. The van der Waals surface area contributed by atoms with Crippen LogP contribution >= 0.6 is 0 Å². The summed E-state index contributed by atoms with van der Waals surface area (Å²) in [5.41, 5.74) is 5.20. The molecule has 0 bridgehead atoms. The van der Waals surface area contributed by atoms with Gasteiger partial charge in [-0.2, -0.15) is 0 Å². The topological polar surface area (TPSA) is 144 Å². The summed E-state index contributed by atoms with van der Waals surface area (Å²) in [4.78, 5) is 47.2. The molecule has 3 aromatic carbocycles. The van der Waals surface area contributed by atoms with E-state index in [4.69, 9.17) is 14.2 Å². The van der Waals surface area contributed by atoms with Crippen LogP contribution in [-0.4, -0.2) is 49.2 Å². The molecule has 45 heavy (non-hydrogen) atoms. The Labute approximate surface area is 261 Å². The summed E-state index contributed by atoms with van der Waals surface area (Å²) in [7, 11) is 4.66. The average molecular weight is 614 g/mol. The quantitative estimate of drug-likeness (QED) is 0.204. The molecule has 0 unspecified atom stereocenters. The second kappa shape index (κ2) is 12.9. The van der Waals surface area contributed by atoms with Crippen LogP contribution in [0.5, 0.6) is 17.2 Å². The number of nitrogens with one attached hydrogen (secondary N) is 4. The Hall–Kier alpha value is -5.06.